The molecule has 1 amide bonds. The molecule has 4 nitrogen and oxygen atoms in total. The first kappa shape index (κ1) is 8.04. The van der Waals surface area contributed by atoms with Crippen molar-refractivity contribution in [3.8, 4) is 0 Å². The molecule has 1 aromatic heterocycles. The number of pyridine rings is 1. The van der Waals surface area contributed by atoms with Gasteiger partial charge in [-0.05, 0) is 18.6 Å². The lowest BCUT2D eigenvalue weighted by Crippen LogP contribution is -2.38. The molecule has 0 saturated carbocycles. The van der Waals surface area contributed by atoms with Gasteiger partial charge in [0, 0.05) is 12.7 Å². The van der Waals surface area contributed by atoms with E-state index in [0.717, 1.165) is 6.42 Å². The van der Waals surface area contributed by atoms with Gasteiger partial charge in [0.2, 0.25) is 0 Å². The van der Waals surface area contributed by atoms with E-state index >= 15 is 0 Å². The zero-order valence-corrected chi connectivity index (χ0v) is 7.14. The Morgan fingerprint density at radius 2 is 2.38 bits per heavy atom. The molecule has 1 saturated heterocycles. The predicted molar refractivity (Wildman–Crippen MR) is 47.5 cm³/mol. The Hall–Kier alpha value is -1.58. The number of ether oxygens (including phenoxy) is 1. The van der Waals surface area contributed by atoms with Gasteiger partial charge in [0.25, 0.3) is 0 Å². The molecule has 1 aliphatic rings. The third-order valence-corrected chi connectivity index (χ3v) is 1.90. The highest BCUT2D eigenvalue weighted by molar-refractivity contribution is 5.86. The van der Waals surface area contributed by atoms with Crippen LogP contribution in [0.3, 0.4) is 0 Å². The van der Waals surface area contributed by atoms with Crippen LogP contribution < -0.4 is 4.90 Å². The van der Waals surface area contributed by atoms with Crippen LogP contribution in [0, 0.1) is 0 Å². The minimum Gasteiger partial charge on any atom is -0.449 e. The summed E-state index contributed by atoms with van der Waals surface area (Å²) in [5.41, 5.74) is 0. The Bertz CT molecular complexity index is 300. The van der Waals surface area contributed by atoms with Gasteiger partial charge in [-0.1, -0.05) is 6.07 Å². The van der Waals surface area contributed by atoms with Crippen LogP contribution in [0.4, 0.5) is 10.6 Å². The Morgan fingerprint density at radius 1 is 1.46 bits per heavy atom. The first-order valence-corrected chi connectivity index (χ1v) is 4.23. The van der Waals surface area contributed by atoms with E-state index in [0.29, 0.717) is 19.0 Å². The van der Waals surface area contributed by atoms with Crippen LogP contribution in [0.15, 0.2) is 24.4 Å². The third kappa shape index (κ3) is 1.61. The number of amides is 1. The quantitative estimate of drug-likeness (QED) is 0.653. The van der Waals surface area contributed by atoms with Gasteiger partial charge in [-0.25, -0.2) is 9.78 Å². The van der Waals surface area contributed by atoms with Gasteiger partial charge in [0.1, 0.15) is 5.82 Å². The molecule has 0 radical (unpaired) electrons. The number of hydrogen-bond acceptors (Lipinski definition) is 3. The van der Waals surface area contributed by atoms with Crippen molar-refractivity contribution in [1.82, 2.24) is 4.98 Å². The van der Waals surface area contributed by atoms with Crippen molar-refractivity contribution in [3.63, 3.8) is 0 Å². The number of carbonyl (C=O) groups excluding carboxylic acids is 1. The molecule has 2 rings (SSSR count). The van der Waals surface area contributed by atoms with Crippen molar-refractivity contribution in [2.75, 3.05) is 18.1 Å². The molecule has 13 heavy (non-hydrogen) atoms. The third-order valence-electron chi connectivity index (χ3n) is 1.90. The van der Waals surface area contributed by atoms with Crippen molar-refractivity contribution in [1.29, 1.82) is 0 Å². The van der Waals surface area contributed by atoms with E-state index in [1.54, 1.807) is 17.2 Å². The summed E-state index contributed by atoms with van der Waals surface area (Å²) in [5, 5.41) is 0. The summed E-state index contributed by atoms with van der Waals surface area (Å²) in [6.45, 7) is 1.21. The van der Waals surface area contributed by atoms with E-state index < -0.39 is 0 Å². The lowest BCUT2D eigenvalue weighted by molar-refractivity contribution is 0.140. The fourth-order valence-electron chi connectivity index (χ4n) is 1.27. The molecule has 2 heterocycles. The molecule has 0 bridgehead atoms. The number of carbonyl (C=O) groups is 1. The van der Waals surface area contributed by atoms with Gasteiger partial charge < -0.3 is 4.74 Å². The van der Waals surface area contributed by atoms with Crippen molar-refractivity contribution < 1.29 is 9.53 Å². The average molecular weight is 178 g/mol. The number of anilines is 1. The molecule has 1 aromatic rings. The van der Waals surface area contributed by atoms with E-state index in [4.69, 9.17) is 4.74 Å². The smallest absolute Gasteiger partial charge is 0.415 e. The van der Waals surface area contributed by atoms with Gasteiger partial charge in [-0.3, -0.25) is 4.90 Å². The fourth-order valence-corrected chi connectivity index (χ4v) is 1.27. The van der Waals surface area contributed by atoms with Gasteiger partial charge in [0.15, 0.2) is 0 Å². The summed E-state index contributed by atoms with van der Waals surface area (Å²) >= 11 is 0. The second kappa shape index (κ2) is 3.43. The molecule has 0 aliphatic carbocycles. The van der Waals surface area contributed by atoms with Crippen molar-refractivity contribution in [3.05, 3.63) is 24.4 Å². The van der Waals surface area contributed by atoms with Crippen molar-refractivity contribution in [2.24, 2.45) is 0 Å². The van der Waals surface area contributed by atoms with E-state index in [1.807, 2.05) is 12.1 Å². The molecular formula is C9H10N2O2. The summed E-state index contributed by atoms with van der Waals surface area (Å²) in [5.74, 6) is 0.659. The van der Waals surface area contributed by atoms with Crippen LogP contribution in [0.25, 0.3) is 0 Å². The second-order valence-electron chi connectivity index (χ2n) is 2.81. The predicted octanol–water partition coefficient (Wildman–Crippen LogP) is 1.43. The molecular weight excluding hydrogens is 168 g/mol. The van der Waals surface area contributed by atoms with E-state index in [9.17, 15) is 4.79 Å². The largest absolute Gasteiger partial charge is 0.449 e. The maximum Gasteiger partial charge on any atom is 0.415 e. The molecule has 4 heteroatoms. The van der Waals surface area contributed by atoms with Crippen molar-refractivity contribution in [2.45, 2.75) is 6.42 Å². The molecule has 0 N–H and O–H groups in total. The zero-order chi connectivity index (χ0) is 9.10. The Balaban J connectivity index is 2.20. The second-order valence-corrected chi connectivity index (χ2v) is 2.81. The highest BCUT2D eigenvalue weighted by Gasteiger charge is 2.21. The van der Waals surface area contributed by atoms with E-state index in [-0.39, 0.29) is 6.09 Å². The summed E-state index contributed by atoms with van der Waals surface area (Å²) < 4.78 is 4.89. The van der Waals surface area contributed by atoms with E-state index in [2.05, 4.69) is 4.98 Å². The van der Waals surface area contributed by atoms with Crippen LogP contribution >= 0.6 is 0 Å². The fraction of sp³-hybridized carbons (Fsp3) is 0.333. The maximum atomic E-state index is 11.3. The minimum absolute atomic E-state index is 0.301. The summed E-state index contributed by atoms with van der Waals surface area (Å²) in [6, 6.07) is 5.47. The average Bonchev–Trinajstić information content (AvgIpc) is 2.20. The maximum absolute atomic E-state index is 11.3. The van der Waals surface area contributed by atoms with Gasteiger partial charge in [-0.2, -0.15) is 0 Å². The zero-order valence-electron chi connectivity index (χ0n) is 7.14. The van der Waals surface area contributed by atoms with E-state index in [1.165, 1.54) is 0 Å². The SMILES string of the molecule is O=C1OCCCN1c1ccccn1. The normalized spacial score (nSPS) is 16.9. The van der Waals surface area contributed by atoms with Crippen LogP contribution in [-0.4, -0.2) is 24.2 Å². The molecule has 0 aromatic carbocycles. The number of aromatic nitrogens is 1. The Kier molecular flexibility index (Phi) is 2.12. The lowest BCUT2D eigenvalue weighted by atomic mass is 10.3. The standard InChI is InChI=1S/C9H10N2O2/c12-9-11(6-3-7-13-9)8-4-1-2-5-10-8/h1-2,4-5H,3,6-7H2. The highest BCUT2D eigenvalue weighted by Crippen LogP contribution is 2.14. The number of hydrogen-bond donors (Lipinski definition) is 0. The summed E-state index contributed by atoms with van der Waals surface area (Å²) in [6.07, 6.45) is 2.23. The highest BCUT2D eigenvalue weighted by atomic mass is 16.6. The molecule has 0 unspecified atom stereocenters. The number of nitrogens with zero attached hydrogens (tertiary/aromatic N) is 2. The first-order chi connectivity index (χ1) is 6.38. The number of rotatable bonds is 1. The van der Waals surface area contributed by atoms with Gasteiger partial charge >= 0.3 is 6.09 Å². The Morgan fingerprint density at radius 3 is 3.08 bits per heavy atom. The molecule has 0 spiro atoms. The Labute approximate surface area is 76.1 Å². The lowest BCUT2D eigenvalue weighted by Gasteiger charge is -2.24. The van der Waals surface area contributed by atoms with Gasteiger partial charge in [0.05, 0.1) is 6.61 Å². The molecule has 1 fully saturated rings. The van der Waals surface area contributed by atoms with Gasteiger partial charge in [-0.15, -0.1) is 0 Å². The summed E-state index contributed by atoms with van der Waals surface area (Å²) in [4.78, 5) is 16.9. The minimum atomic E-state index is -0.301. The molecule has 1 aliphatic heterocycles. The van der Waals surface area contributed by atoms with Crippen LogP contribution in [0.2, 0.25) is 0 Å². The number of cyclic esters (lactones) is 1. The molecule has 0 atom stereocenters. The van der Waals surface area contributed by atoms with Crippen LogP contribution in [0.1, 0.15) is 6.42 Å². The van der Waals surface area contributed by atoms with Crippen LogP contribution in [0.5, 0.6) is 0 Å². The van der Waals surface area contributed by atoms with Crippen LogP contribution in [-0.2, 0) is 4.74 Å². The monoisotopic (exact) mass is 178 g/mol. The first-order valence-electron chi connectivity index (χ1n) is 4.23. The topological polar surface area (TPSA) is 42.4 Å². The summed E-state index contributed by atoms with van der Waals surface area (Å²) in [7, 11) is 0. The molecule has 68 valence electrons. The van der Waals surface area contributed by atoms with Crippen molar-refractivity contribution >= 4 is 11.9 Å².